The van der Waals surface area contributed by atoms with Crippen LogP contribution in [0.4, 0.5) is 0 Å². The van der Waals surface area contributed by atoms with Gasteiger partial charge < -0.3 is 9.53 Å². The molecule has 0 unspecified atom stereocenters. The molecule has 58 heavy (non-hydrogen) atoms. The van der Waals surface area contributed by atoms with Crippen LogP contribution in [-0.2, 0) is 22.6 Å². The lowest BCUT2D eigenvalue weighted by atomic mass is 9.93. The molecule has 8 heteroatoms. The van der Waals surface area contributed by atoms with Gasteiger partial charge in [0.2, 0.25) is 0 Å². The van der Waals surface area contributed by atoms with E-state index in [0.717, 1.165) is 96.4 Å². The summed E-state index contributed by atoms with van der Waals surface area (Å²) in [5.74, 6) is 2.85. The molecule has 0 aliphatic rings. The number of hydrogen-bond donors (Lipinski definition) is 0. The first kappa shape index (κ1) is 54.2. The van der Waals surface area contributed by atoms with Crippen molar-refractivity contribution in [1.29, 1.82) is 0 Å². The Labute approximate surface area is 357 Å². The van der Waals surface area contributed by atoms with Crippen molar-refractivity contribution < 1.29 is 19.1 Å². The number of ether oxygens (including phenoxy) is 1. The van der Waals surface area contributed by atoms with Crippen molar-refractivity contribution >= 4 is 41.1 Å². The Hall–Kier alpha value is -3.84. The third-order valence-electron chi connectivity index (χ3n) is 9.58. The number of nitrogens with zero attached hydrogens (tertiary/aromatic N) is 3. The normalized spacial score (nSPS) is 12.0. The third kappa shape index (κ3) is 20.2. The zero-order chi connectivity index (χ0) is 44.2. The molecule has 0 spiro atoms. The minimum atomic E-state index is -0.0261. The van der Waals surface area contributed by atoms with Crippen LogP contribution in [0.25, 0.3) is 11.6 Å². The number of aromatic nitrogens is 3. The molecule has 0 bridgehead atoms. The van der Waals surface area contributed by atoms with E-state index in [9.17, 15) is 9.59 Å². The molecule has 0 fully saturated rings. The van der Waals surface area contributed by atoms with Gasteiger partial charge in [-0.1, -0.05) is 143 Å². The minimum Gasteiger partial charge on any atom is -0.492 e. The molecule has 0 saturated carbocycles. The van der Waals surface area contributed by atoms with E-state index in [0.29, 0.717) is 41.3 Å². The topological polar surface area (TPSA) is 91.2 Å². The van der Waals surface area contributed by atoms with Crippen LogP contribution < -0.4 is 15.3 Å². The van der Waals surface area contributed by atoms with Crippen molar-refractivity contribution in [1.82, 2.24) is 14.8 Å². The molecular formula is C50H78ClN3O4. The lowest BCUT2D eigenvalue weighted by Crippen LogP contribution is -2.32. The number of ketones is 2. The fourth-order valence-corrected chi connectivity index (χ4v) is 6.15. The molecule has 3 aromatic rings. The van der Waals surface area contributed by atoms with Crippen molar-refractivity contribution in [3.8, 4) is 5.75 Å². The SMILES string of the molecule is CC=O.CCC(C)CC.CCCC(=O)CCC(C)C.CC\C=c1/c(=C(\C=C(/C)CCC)c2ncc(OCC)cc2Cl)cnn1Cc1ccc(C(=O)C(C)C)c(CC)c1. The lowest BCUT2D eigenvalue weighted by molar-refractivity contribution is -0.119. The van der Waals surface area contributed by atoms with E-state index in [4.69, 9.17) is 31.2 Å². The molecule has 0 atom stereocenters. The van der Waals surface area contributed by atoms with Crippen LogP contribution in [0, 0.1) is 17.8 Å². The fraction of sp³-hybridized carbons (Fsp3) is 0.580. The highest BCUT2D eigenvalue weighted by molar-refractivity contribution is 6.32. The number of carbonyl (C=O) groups is 3. The smallest absolute Gasteiger partial charge is 0.165 e. The molecule has 1 aromatic carbocycles. The van der Waals surface area contributed by atoms with Gasteiger partial charge in [0, 0.05) is 41.2 Å². The number of rotatable bonds is 19. The monoisotopic (exact) mass is 820 g/mol. The van der Waals surface area contributed by atoms with E-state index >= 15 is 0 Å². The lowest BCUT2D eigenvalue weighted by Gasteiger charge is -2.12. The van der Waals surface area contributed by atoms with E-state index in [2.05, 4.69) is 80.5 Å². The zero-order valence-electron chi connectivity index (χ0n) is 38.8. The molecule has 0 radical (unpaired) electrons. The first-order valence-corrected chi connectivity index (χ1v) is 22.3. The summed E-state index contributed by atoms with van der Waals surface area (Å²) < 4.78 is 7.65. The first-order valence-electron chi connectivity index (χ1n) is 21.9. The number of carbonyl (C=O) groups excluding carboxylic acids is 3. The molecule has 0 aliphatic heterocycles. The standard InChI is InChI=1S/C33H42ClN3O2.C9H18O.C6H14.C2H4O/c1-8-12-23(7)16-28(32-30(34)18-26(19-35-32)39-11-4)29-20-36-37(31(29)13-9-2)21-24-14-15-27(25(10-3)17-24)33(38)22(5)6;1-4-5-9(10)7-6-8(2)3;1-4-6(3)5-2;1-2-3/h13-20,22H,8-12,21H2,1-7H3;8H,4-7H2,1-3H3;6H,4-5H2,1-3H3;2H,1H3/b23-16+,29-28+,31-13+;;;. The van der Waals surface area contributed by atoms with Crippen LogP contribution in [-0.4, -0.2) is 39.2 Å². The maximum absolute atomic E-state index is 12.7. The largest absolute Gasteiger partial charge is 0.492 e. The van der Waals surface area contributed by atoms with E-state index in [1.165, 1.54) is 25.3 Å². The number of benzene rings is 1. The second-order valence-corrected chi connectivity index (χ2v) is 16.0. The van der Waals surface area contributed by atoms with Crippen LogP contribution >= 0.6 is 11.6 Å². The Balaban J connectivity index is 0.00000141. The Morgan fingerprint density at radius 3 is 2.02 bits per heavy atom. The highest BCUT2D eigenvalue weighted by atomic mass is 35.5. The highest BCUT2D eigenvalue weighted by Gasteiger charge is 2.16. The quantitative estimate of drug-likeness (QED) is 0.0883. The number of aryl methyl sites for hydroxylation is 1. The minimum absolute atomic E-state index is 0.0261. The summed E-state index contributed by atoms with van der Waals surface area (Å²) in [6.07, 6.45) is 18.8. The van der Waals surface area contributed by atoms with Gasteiger partial charge in [-0.3, -0.25) is 19.3 Å². The van der Waals surface area contributed by atoms with E-state index in [1.807, 2.05) is 56.8 Å². The zero-order valence-corrected chi connectivity index (χ0v) is 39.5. The number of halogens is 1. The van der Waals surface area contributed by atoms with Gasteiger partial charge in [0.05, 0.1) is 41.6 Å². The van der Waals surface area contributed by atoms with Gasteiger partial charge in [-0.05, 0) is 75.8 Å². The van der Waals surface area contributed by atoms with Crippen LogP contribution in [0.3, 0.4) is 0 Å². The van der Waals surface area contributed by atoms with Crippen molar-refractivity contribution in [3.63, 3.8) is 0 Å². The summed E-state index contributed by atoms with van der Waals surface area (Å²) >= 11 is 6.77. The van der Waals surface area contributed by atoms with Crippen LogP contribution in [0.15, 0.2) is 48.3 Å². The Morgan fingerprint density at radius 1 is 0.897 bits per heavy atom. The summed E-state index contributed by atoms with van der Waals surface area (Å²) in [7, 11) is 0. The van der Waals surface area contributed by atoms with Gasteiger partial charge in [0.1, 0.15) is 17.8 Å². The van der Waals surface area contributed by atoms with Crippen LogP contribution in [0.1, 0.15) is 182 Å². The molecule has 0 N–H and O–H groups in total. The Morgan fingerprint density at radius 2 is 1.53 bits per heavy atom. The van der Waals surface area contributed by atoms with Crippen molar-refractivity contribution in [2.24, 2.45) is 17.8 Å². The highest BCUT2D eigenvalue weighted by Crippen LogP contribution is 2.26. The molecule has 0 saturated heterocycles. The second-order valence-electron chi connectivity index (χ2n) is 15.5. The van der Waals surface area contributed by atoms with Gasteiger partial charge >= 0.3 is 0 Å². The molecule has 2 heterocycles. The van der Waals surface area contributed by atoms with Crippen molar-refractivity contribution in [3.05, 3.63) is 86.3 Å². The van der Waals surface area contributed by atoms with Gasteiger partial charge in [0.25, 0.3) is 0 Å². The predicted molar refractivity (Wildman–Crippen MR) is 247 cm³/mol. The summed E-state index contributed by atoms with van der Waals surface area (Å²) in [6, 6.07) is 8.00. The van der Waals surface area contributed by atoms with E-state index in [1.54, 1.807) is 6.20 Å². The maximum Gasteiger partial charge on any atom is 0.165 e. The van der Waals surface area contributed by atoms with Crippen LogP contribution in [0.2, 0.25) is 5.02 Å². The number of hydrogen-bond acceptors (Lipinski definition) is 6. The molecule has 324 valence electrons. The number of allylic oxidation sites excluding steroid dienone is 2. The molecule has 7 nitrogen and oxygen atoms in total. The fourth-order valence-electron chi connectivity index (χ4n) is 5.89. The molecule has 2 aromatic heterocycles. The van der Waals surface area contributed by atoms with Gasteiger partial charge in [-0.25, -0.2) is 0 Å². The summed E-state index contributed by atoms with van der Waals surface area (Å²) in [4.78, 5) is 37.2. The van der Waals surface area contributed by atoms with Crippen LogP contribution in [0.5, 0.6) is 5.75 Å². The first-order chi connectivity index (χ1) is 27.6. The Bertz CT molecular complexity index is 1800. The maximum atomic E-state index is 12.7. The van der Waals surface area contributed by atoms with Gasteiger partial charge in [-0.15, -0.1) is 0 Å². The van der Waals surface area contributed by atoms with Gasteiger partial charge in [-0.2, -0.15) is 5.10 Å². The van der Waals surface area contributed by atoms with Crippen molar-refractivity contribution in [2.75, 3.05) is 6.61 Å². The van der Waals surface area contributed by atoms with E-state index < -0.39 is 0 Å². The number of aldehydes is 1. The average Bonchev–Trinajstić information content (AvgIpc) is 3.58. The summed E-state index contributed by atoms with van der Waals surface area (Å²) in [5, 5.41) is 7.39. The summed E-state index contributed by atoms with van der Waals surface area (Å²) in [5.41, 5.74) is 5.94. The average molecular weight is 821 g/mol. The molecular weight excluding hydrogens is 742 g/mol. The second kappa shape index (κ2) is 31.1. The summed E-state index contributed by atoms with van der Waals surface area (Å²) in [6.45, 7) is 30.1. The van der Waals surface area contributed by atoms with Gasteiger partial charge in [0.15, 0.2) is 5.78 Å². The third-order valence-corrected chi connectivity index (χ3v) is 9.87. The molecule has 0 amide bonds. The number of pyridine rings is 1. The Kier molecular flexibility index (Phi) is 29.1. The number of Topliss-reactive ketones (excluding diaryl/α,β-unsaturated/α-hetero) is 2. The van der Waals surface area contributed by atoms with Crippen molar-refractivity contribution in [2.45, 2.75) is 168 Å². The molecule has 3 rings (SSSR count). The van der Waals surface area contributed by atoms with E-state index in [-0.39, 0.29) is 11.7 Å². The molecule has 0 aliphatic carbocycles. The predicted octanol–water partition coefficient (Wildman–Crippen LogP) is 12.4.